The van der Waals surface area contributed by atoms with Crippen LogP contribution in [0.25, 0.3) is 0 Å². The van der Waals surface area contributed by atoms with E-state index in [1.807, 2.05) is 67.5 Å². The van der Waals surface area contributed by atoms with Gasteiger partial charge in [-0.15, -0.1) is 0 Å². The zero-order valence-electron chi connectivity index (χ0n) is 15.3. The summed E-state index contributed by atoms with van der Waals surface area (Å²) in [6.45, 7) is 0. The molecule has 4 heteroatoms. The third-order valence-electron chi connectivity index (χ3n) is 5.25. The van der Waals surface area contributed by atoms with Gasteiger partial charge in [-0.3, -0.25) is 0 Å². The van der Waals surface area contributed by atoms with Crippen molar-refractivity contribution < 1.29 is 4.79 Å². The van der Waals surface area contributed by atoms with Crippen LogP contribution in [0, 0.1) is 17.2 Å². The third kappa shape index (κ3) is 3.48. The Labute approximate surface area is 162 Å². The molecule has 1 unspecified atom stereocenters. The predicted octanol–water partition coefficient (Wildman–Crippen LogP) is 3.15. The number of carbonyl (C=O) groups is 1. The number of nitriles is 1. The van der Waals surface area contributed by atoms with Crippen LogP contribution in [0.15, 0.2) is 60.7 Å². The zero-order valence-corrected chi connectivity index (χ0v) is 17.0. The van der Waals surface area contributed by atoms with E-state index in [0.29, 0.717) is 12.2 Å². The van der Waals surface area contributed by atoms with Gasteiger partial charge in [0.25, 0.3) is 0 Å². The van der Waals surface area contributed by atoms with Crippen molar-refractivity contribution in [2.24, 2.45) is 5.92 Å². The Morgan fingerprint density at radius 2 is 1.69 bits per heavy atom. The summed E-state index contributed by atoms with van der Waals surface area (Å²) in [4.78, 5) is 14.9. The second-order valence-corrected chi connectivity index (χ2v) is 9.50. The van der Waals surface area contributed by atoms with Gasteiger partial charge < -0.3 is 0 Å². The molecule has 1 saturated carbocycles. The van der Waals surface area contributed by atoms with Gasteiger partial charge in [-0.25, -0.2) is 0 Å². The molecule has 1 aliphatic carbocycles. The number of nitrogens with zero attached hydrogens (tertiary/aromatic N) is 2. The monoisotopic (exact) mass is 412 g/mol. The van der Waals surface area contributed by atoms with Crippen LogP contribution < -0.4 is 4.46 Å². The molecule has 1 aliphatic rings. The van der Waals surface area contributed by atoms with E-state index in [1.165, 1.54) is 4.46 Å². The number of hydrogen-bond donors (Lipinski definition) is 0. The Hall–Kier alpha value is -1.92. The van der Waals surface area contributed by atoms with Gasteiger partial charge in [0.15, 0.2) is 0 Å². The molecule has 3 nitrogen and oxygen atoms in total. The maximum atomic E-state index is 12.9. The summed E-state index contributed by atoms with van der Waals surface area (Å²) in [5.74, 6) is 0.328. The van der Waals surface area contributed by atoms with Gasteiger partial charge in [0.1, 0.15) is 0 Å². The van der Waals surface area contributed by atoms with E-state index in [4.69, 9.17) is 0 Å². The first-order valence-electron chi connectivity index (χ1n) is 8.98. The molecule has 0 aromatic heterocycles. The van der Waals surface area contributed by atoms with Crippen LogP contribution in [0.4, 0.5) is 0 Å². The first-order chi connectivity index (χ1) is 12.6. The molecule has 0 amide bonds. The van der Waals surface area contributed by atoms with Crippen LogP contribution in [-0.2, 0) is 10.3 Å². The van der Waals surface area contributed by atoms with Gasteiger partial charge in [-0.2, -0.15) is 0 Å². The standard InChI is InChI=1S/C22H24N2OSe/c1-24(2)22(16-23,17-10-5-3-6-11-17)19-14-9-15-20(25)21(19)26-18-12-7-4-8-13-18/h3-8,10-13,19,21H,9,14-15H2,1-2H3/t19-,21+,22?/m1/s1. The minimum absolute atomic E-state index is 0.00589. The van der Waals surface area contributed by atoms with Crippen LogP contribution in [0.1, 0.15) is 24.8 Å². The van der Waals surface area contributed by atoms with E-state index in [0.717, 1.165) is 18.4 Å². The SMILES string of the molecule is CN(C)C(C#N)(c1ccccc1)[C@@H]1CCCC(=O)[C@H]1[Se]c1ccccc1. The molecule has 0 saturated heterocycles. The maximum absolute atomic E-state index is 12.9. The van der Waals surface area contributed by atoms with Gasteiger partial charge in [0, 0.05) is 0 Å². The molecule has 134 valence electrons. The molecule has 26 heavy (non-hydrogen) atoms. The second-order valence-electron chi connectivity index (χ2n) is 6.96. The van der Waals surface area contributed by atoms with Crippen LogP contribution in [0.2, 0.25) is 4.82 Å². The number of hydrogen-bond acceptors (Lipinski definition) is 3. The molecule has 1 fully saturated rings. The Bertz CT molecular complexity index is 785. The molecular formula is C22H24N2OSe. The van der Waals surface area contributed by atoms with Gasteiger partial charge in [-0.05, 0) is 0 Å². The van der Waals surface area contributed by atoms with E-state index < -0.39 is 5.54 Å². The van der Waals surface area contributed by atoms with Crippen molar-refractivity contribution in [3.8, 4) is 6.07 Å². The minimum atomic E-state index is -0.779. The van der Waals surface area contributed by atoms with Gasteiger partial charge in [0.05, 0.1) is 0 Å². The Kier molecular flexibility index (Phi) is 5.94. The number of carbonyl (C=O) groups excluding carboxylic acids is 1. The van der Waals surface area contributed by atoms with Crippen molar-refractivity contribution in [3.05, 3.63) is 66.2 Å². The van der Waals surface area contributed by atoms with Crippen LogP contribution in [0.5, 0.6) is 0 Å². The van der Waals surface area contributed by atoms with Gasteiger partial charge in [0.2, 0.25) is 0 Å². The first-order valence-corrected chi connectivity index (χ1v) is 10.8. The quantitative estimate of drug-likeness (QED) is 0.710. The number of rotatable bonds is 5. The Morgan fingerprint density at radius 3 is 2.27 bits per heavy atom. The number of ketones is 1. The van der Waals surface area contributed by atoms with Crippen molar-refractivity contribution in [1.29, 1.82) is 5.26 Å². The number of benzene rings is 2. The van der Waals surface area contributed by atoms with E-state index in [-0.39, 0.29) is 25.7 Å². The molecule has 0 bridgehead atoms. The van der Waals surface area contributed by atoms with Crippen LogP contribution in [0.3, 0.4) is 0 Å². The van der Waals surface area contributed by atoms with Crippen molar-refractivity contribution in [1.82, 2.24) is 4.90 Å². The van der Waals surface area contributed by atoms with Crippen molar-refractivity contribution in [3.63, 3.8) is 0 Å². The molecule has 2 aromatic carbocycles. The van der Waals surface area contributed by atoms with E-state index in [2.05, 4.69) is 18.2 Å². The second kappa shape index (κ2) is 8.18. The Balaban J connectivity index is 2.05. The molecule has 2 aromatic rings. The molecule has 0 spiro atoms. The van der Waals surface area contributed by atoms with Crippen LogP contribution >= 0.6 is 0 Å². The summed E-state index contributed by atoms with van der Waals surface area (Å²) < 4.78 is 1.23. The molecule has 3 atom stereocenters. The van der Waals surface area contributed by atoms with Crippen molar-refractivity contribution in [2.75, 3.05) is 14.1 Å². The summed E-state index contributed by atoms with van der Waals surface area (Å²) in [5.41, 5.74) is 0.208. The summed E-state index contributed by atoms with van der Waals surface area (Å²) in [6, 6.07) is 22.9. The van der Waals surface area contributed by atoms with Gasteiger partial charge in [-0.1, -0.05) is 0 Å². The molecule has 0 radical (unpaired) electrons. The third-order valence-corrected chi connectivity index (χ3v) is 8.17. The molecular weight excluding hydrogens is 387 g/mol. The predicted molar refractivity (Wildman–Crippen MR) is 105 cm³/mol. The first kappa shape index (κ1) is 18.9. The van der Waals surface area contributed by atoms with Crippen molar-refractivity contribution in [2.45, 2.75) is 29.6 Å². The fourth-order valence-corrected chi connectivity index (χ4v) is 6.82. The summed E-state index contributed by atoms with van der Waals surface area (Å²) in [7, 11) is 3.92. The van der Waals surface area contributed by atoms with Gasteiger partial charge >= 0.3 is 162 Å². The molecule has 0 aliphatic heterocycles. The van der Waals surface area contributed by atoms with E-state index in [9.17, 15) is 10.1 Å². The number of Topliss-reactive ketones (excluding diaryl/α,β-unsaturated/α-hetero) is 1. The normalized spacial score (nSPS) is 22.6. The summed E-state index contributed by atoms with van der Waals surface area (Å²) in [6.07, 6.45) is 2.42. The summed E-state index contributed by atoms with van der Waals surface area (Å²) in [5, 5.41) is 10.3. The molecule has 0 N–H and O–H groups in total. The Morgan fingerprint density at radius 1 is 1.08 bits per heavy atom. The van der Waals surface area contributed by atoms with E-state index in [1.54, 1.807) is 0 Å². The van der Waals surface area contributed by atoms with Crippen molar-refractivity contribution >= 4 is 25.2 Å². The molecule has 0 heterocycles. The fraction of sp³-hybridized carbons (Fsp3) is 0.364. The zero-order chi connectivity index (χ0) is 18.6. The van der Waals surface area contributed by atoms with E-state index >= 15 is 0 Å². The average Bonchev–Trinajstić information content (AvgIpc) is 2.67. The fourth-order valence-electron chi connectivity index (χ4n) is 3.98. The van der Waals surface area contributed by atoms with Crippen LogP contribution in [-0.4, -0.2) is 39.7 Å². The molecule has 3 rings (SSSR count). The topological polar surface area (TPSA) is 44.1 Å². The average molecular weight is 411 g/mol. The summed E-state index contributed by atoms with van der Waals surface area (Å²) >= 11 is 0.0241.